The van der Waals surface area contributed by atoms with E-state index in [4.69, 9.17) is 9.47 Å². The lowest BCUT2D eigenvalue weighted by Crippen LogP contribution is -2.42. The van der Waals surface area contributed by atoms with E-state index >= 15 is 0 Å². The number of ether oxygens (including phenoxy) is 2. The Balaban J connectivity index is 2.06. The first-order valence-corrected chi connectivity index (χ1v) is 9.24. The summed E-state index contributed by atoms with van der Waals surface area (Å²) in [5.41, 5.74) is -0.747. The van der Waals surface area contributed by atoms with Crippen molar-refractivity contribution in [1.82, 2.24) is 4.90 Å². The van der Waals surface area contributed by atoms with E-state index in [1.54, 1.807) is 12.1 Å². The zero-order valence-electron chi connectivity index (χ0n) is 16.5. The molecule has 0 N–H and O–H groups in total. The zero-order valence-corrected chi connectivity index (χ0v) is 16.5. The summed E-state index contributed by atoms with van der Waals surface area (Å²) in [6.07, 6.45) is -3.60. The zero-order chi connectivity index (χ0) is 21.9. The van der Waals surface area contributed by atoms with Crippen LogP contribution in [-0.2, 0) is 11.0 Å². The maximum Gasteiger partial charge on any atom is 0.416 e. The largest absolute Gasteiger partial charge is 0.493 e. The molecule has 6 nitrogen and oxygen atoms in total. The first kappa shape index (κ1) is 21.5. The molecule has 1 aliphatic heterocycles. The van der Waals surface area contributed by atoms with Gasteiger partial charge in [-0.2, -0.15) is 13.2 Å². The van der Waals surface area contributed by atoms with E-state index in [-0.39, 0.29) is 29.6 Å². The molecule has 0 bridgehead atoms. The second-order valence-electron chi connectivity index (χ2n) is 6.72. The van der Waals surface area contributed by atoms with Crippen LogP contribution in [0.3, 0.4) is 0 Å². The van der Waals surface area contributed by atoms with Crippen molar-refractivity contribution in [1.29, 1.82) is 0 Å². The van der Waals surface area contributed by atoms with Gasteiger partial charge in [0.15, 0.2) is 11.5 Å². The van der Waals surface area contributed by atoms with Crippen molar-refractivity contribution in [3.63, 3.8) is 0 Å². The number of methoxy groups -OCH3 is 2. The molecule has 2 aromatic rings. The molecule has 0 atom stereocenters. The Morgan fingerprint density at radius 1 is 1.13 bits per heavy atom. The Morgan fingerprint density at radius 2 is 1.87 bits per heavy atom. The third-order valence-corrected chi connectivity index (χ3v) is 4.85. The highest BCUT2D eigenvalue weighted by molar-refractivity contribution is 6.08. The van der Waals surface area contributed by atoms with E-state index in [0.717, 1.165) is 17.0 Å². The molecule has 9 heteroatoms. The number of halogens is 3. The minimum Gasteiger partial charge on any atom is -0.493 e. The third-order valence-electron chi connectivity index (χ3n) is 4.85. The van der Waals surface area contributed by atoms with E-state index in [0.29, 0.717) is 25.1 Å². The maximum absolute atomic E-state index is 13.4. The molecular weight excluding hydrogens is 401 g/mol. The highest BCUT2D eigenvalue weighted by atomic mass is 19.4. The second kappa shape index (κ2) is 8.64. The highest BCUT2D eigenvalue weighted by Gasteiger charge is 2.33. The number of likely N-dealkylation sites (tertiary alicyclic amines) is 1. The van der Waals surface area contributed by atoms with Gasteiger partial charge in [0.2, 0.25) is 5.91 Å². The molecule has 160 valence electrons. The predicted molar refractivity (Wildman–Crippen MR) is 104 cm³/mol. The summed E-state index contributed by atoms with van der Waals surface area (Å²) in [7, 11) is 2.78. The number of amides is 2. The summed E-state index contributed by atoms with van der Waals surface area (Å²) < 4.78 is 50.2. The fraction of sp³-hybridized carbons (Fsp3) is 0.333. The van der Waals surface area contributed by atoms with Gasteiger partial charge in [0.05, 0.1) is 25.3 Å². The number of benzene rings is 2. The standard InChI is InChI=1S/C21H21F3N2O4/c1-29-17-9-4-8-16(19(17)30-2)20(28)26(13-25-11-5-10-18(25)27)15-7-3-6-14(12-15)21(22,23)24/h3-4,6-9,12H,5,10-11,13H2,1-2H3. The Bertz CT molecular complexity index is 946. The Kier molecular flexibility index (Phi) is 6.19. The van der Waals surface area contributed by atoms with Gasteiger partial charge >= 0.3 is 6.18 Å². The van der Waals surface area contributed by atoms with Crippen LogP contribution < -0.4 is 14.4 Å². The van der Waals surface area contributed by atoms with Gasteiger partial charge in [0.1, 0.15) is 6.67 Å². The average molecular weight is 422 g/mol. The first-order chi connectivity index (χ1) is 14.3. The van der Waals surface area contributed by atoms with Crippen LogP contribution >= 0.6 is 0 Å². The molecule has 0 radical (unpaired) electrons. The van der Waals surface area contributed by atoms with Crippen molar-refractivity contribution in [3.8, 4) is 11.5 Å². The summed E-state index contributed by atoms with van der Waals surface area (Å²) in [5, 5.41) is 0. The number of nitrogens with zero attached hydrogens (tertiary/aromatic N) is 2. The molecule has 1 saturated heterocycles. The van der Waals surface area contributed by atoms with Crippen molar-refractivity contribution in [3.05, 3.63) is 53.6 Å². The van der Waals surface area contributed by atoms with Crippen molar-refractivity contribution in [2.75, 3.05) is 32.3 Å². The topological polar surface area (TPSA) is 59.1 Å². The summed E-state index contributed by atoms with van der Waals surface area (Å²) in [5.74, 6) is -0.290. The average Bonchev–Trinajstić information content (AvgIpc) is 3.14. The lowest BCUT2D eigenvalue weighted by molar-refractivity contribution is -0.137. The van der Waals surface area contributed by atoms with Gasteiger partial charge in [-0.1, -0.05) is 12.1 Å². The molecule has 0 unspecified atom stereocenters. The first-order valence-electron chi connectivity index (χ1n) is 9.24. The lowest BCUT2D eigenvalue weighted by atomic mass is 10.1. The summed E-state index contributed by atoms with van der Waals surface area (Å²) in [4.78, 5) is 28.1. The second-order valence-corrected chi connectivity index (χ2v) is 6.72. The molecule has 0 aliphatic carbocycles. The maximum atomic E-state index is 13.4. The van der Waals surface area contributed by atoms with Crippen LogP contribution in [0.25, 0.3) is 0 Å². The Labute approximate surface area is 171 Å². The molecule has 30 heavy (non-hydrogen) atoms. The fourth-order valence-corrected chi connectivity index (χ4v) is 3.34. The molecule has 2 aromatic carbocycles. The van der Waals surface area contributed by atoms with Crippen molar-refractivity contribution >= 4 is 17.5 Å². The third kappa shape index (κ3) is 4.34. The molecule has 3 rings (SSSR count). The SMILES string of the molecule is COc1cccc(C(=O)N(CN2CCCC2=O)c2cccc(C(F)(F)F)c2)c1OC. The van der Waals surface area contributed by atoms with E-state index in [1.807, 2.05) is 0 Å². The number of anilines is 1. The van der Waals surface area contributed by atoms with Gasteiger partial charge in [0, 0.05) is 18.7 Å². The van der Waals surface area contributed by atoms with E-state index in [2.05, 4.69) is 0 Å². The van der Waals surface area contributed by atoms with Gasteiger partial charge in [0.25, 0.3) is 5.91 Å². The molecule has 0 spiro atoms. The molecule has 0 aromatic heterocycles. The smallest absolute Gasteiger partial charge is 0.416 e. The molecule has 2 amide bonds. The molecule has 1 aliphatic rings. The fourth-order valence-electron chi connectivity index (χ4n) is 3.34. The van der Waals surface area contributed by atoms with Crippen molar-refractivity contribution < 1.29 is 32.2 Å². The van der Waals surface area contributed by atoms with E-state index < -0.39 is 17.6 Å². The number of carbonyl (C=O) groups excluding carboxylic acids is 2. The van der Waals surface area contributed by atoms with Crippen LogP contribution in [0.5, 0.6) is 11.5 Å². The van der Waals surface area contributed by atoms with E-state index in [1.165, 1.54) is 37.3 Å². The van der Waals surface area contributed by atoms with Crippen LogP contribution in [0.2, 0.25) is 0 Å². The van der Waals surface area contributed by atoms with Crippen molar-refractivity contribution in [2.45, 2.75) is 19.0 Å². The van der Waals surface area contributed by atoms with Crippen molar-refractivity contribution in [2.24, 2.45) is 0 Å². The molecule has 0 saturated carbocycles. The molecule has 1 fully saturated rings. The summed E-state index contributed by atoms with van der Waals surface area (Å²) >= 11 is 0. The number of rotatable bonds is 6. The van der Waals surface area contributed by atoms with Gasteiger partial charge < -0.3 is 14.4 Å². The van der Waals surface area contributed by atoms with Gasteiger partial charge in [-0.3, -0.25) is 14.5 Å². The number of para-hydroxylation sites is 1. The van der Waals surface area contributed by atoms with Gasteiger partial charge in [-0.25, -0.2) is 0 Å². The normalized spacial score (nSPS) is 14.0. The summed E-state index contributed by atoms with van der Waals surface area (Å²) in [6, 6.07) is 9.14. The Hall–Kier alpha value is -3.23. The molecular formula is C21H21F3N2O4. The van der Waals surface area contributed by atoms with Gasteiger partial charge in [-0.05, 0) is 36.8 Å². The van der Waals surface area contributed by atoms with E-state index in [9.17, 15) is 22.8 Å². The van der Waals surface area contributed by atoms with Crippen LogP contribution in [0, 0.1) is 0 Å². The number of alkyl halides is 3. The van der Waals surface area contributed by atoms with Crippen LogP contribution in [0.1, 0.15) is 28.8 Å². The predicted octanol–water partition coefficient (Wildman–Crippen LogP) is 3.95. The minimum absolute atomic E-state index is 0.0272. The number of hydrogen-bond donors (Lipinski definition) is 0. The van der Waals surface area contributed by atoms with Crippen LogP contribution in [-0.4, -0.2) is 44.1 Å². The van der Waals surface area contributed by atoms with Crippen LogP contribution in [0.15, 0.2) is 42.5 Å². The summed E-state index contributed by atoms with van der Waals surface area (Å²) in [6.45, 7) is 0.260. The molecule has 1 heterocycles. The number of carbonyl (C=O) groups is 2. The number of hydrogen-bond acceptors (Lipinski definition) is 4. The minimum atomic E-state index is -4.57. The van der Waals surface area contributed by atoms with Gasteiger partial charge in [-0.15, -0.1) is 0 Å². The monoisotopic (exact) mass is 422 g/mol. The van der Waals surface area contributed by atoms with Crippen LogP contribution in [0.4, 0.5) is 18.9 Å². The Morgan fingerprint density at radius 3 is 2.47 bits per heavy atom. The highest BCUT2D eigenvalue weighted by Crippen LogP contribution is 2.35. The lowest BCUT2D eigenvalue weighted by Gasteiger charge is -2.29. The quantitative estimate of drug-likeness (QED) is 0.708.